The van der Waals surface area contributed by atoms with Crippen LogP contribution in [-0.2, 0) is 10.0 Å². The number of sulfonamides is 1. The maximum atomic E-state index is 13.0. The average Bonchev–Trinajstić information content (AvgIpc) is 2.62. The summed E-state index contributed by atoms with van der Waals surface area (Å²) in [6, 6.07) is 8.29. The highest BCUT2D eigenvalue weighted by Crippen LogP contribution is 2.32. The Balaban J connectivity index is 1.84. The van der Waals surface area contributed by atoms with Crippen LogP contribution in [0.25, 0.3) is 0 Å². The minimum Gasteiger partial charge on any atom is -0.438 e. The van der Waals surface area contributed by atoms with E-state index < -0.39 is 10.0 Å². The van der Waals surface area contributed by atoms with Gasteiger partial charge in [-0.05, 0) is 66.4 Å². The number of allylic oxidation sites excluding steroid dienone is 1. The van der Waals surface area contributed by atoms with Crippen molar-refractivity contribution in [3.63, 3.8) is 0 Å². The molecule has 1 atom stereocenters. The molecule has 0 N–H and O–H groups in total. The molecule has 0 fully saturated rings. The Kier molecular flexibility index (Phi) is 6.25. The van der Waals surface area contributed by atoms with E-state index in [1.165, 1.54) is 22.1 Å². The van der Waals surface area contributed by atoms with Gasteiger partial charge in [0.1, 0.15) is 10.6 Å². The first kappa shape index (κ1) is 20.3. The maximum absolute atomic E-state index is 13.0. The second-order valence-electron chi connectivity index (χ2n) is 6.51. The van der Waals surface area contributed by atoms with Gasteiger partial charge in [-0.15, -0.1) is 0 Å². The molecule has 1 unspecified atom stereocenters. The topological polar surface area (TPSA) is 59.5 Å². The van der Waals surface area contributed by atoms with E-state index in [1.54, 1.807) is 31.3 Å². The van der Waals surface area contributed by atoms with Crippen molar-refractivity contribution < 1.29 is 13.2 Å². The molecule has 1 aliphatic carbocycles. The van der Waals surface area contributed by atoms with Gasteiger partial charge in [0.05, 0.1) is 10.7 Å². The van der Waals surface area contributed by atoms with Crippen molar-refractivity contribution in [2.24, 2.45) is 0 Å². The molecule has 0 saturated heterocycles. The van der Waals surface area contributed by atoms with Gasteiger partial charge in [-0.25, -0.2) is 13.4 Å². The van der Waals surface area contributed by atoms with Crippen LogP contribution in [0.4, 0.5) is 0 Å². The quantitative estimate of drug-likeness (QED) is 0.547. The second-order valence-corrected chi connectivity index (χ2v) is 9.80. The van der Waals surface area contributed by atoms with Crippen molar-refractivity contribution >= 4 is 37.6 Å². The Morgan fingerprint density at radius 2 is 2.11 bits per heavy atom. The molecule has 0 radical (unpaired) electrons. The highest BCUT2D eigenvalue weighted by atomic mass is 79.9. The van der Waals surface area contributed by atoms with E-state index in [-0.39, 0.29) is 16.8 Å². The van der Waals surface area contributed by atoms with Gasteiger partial charge in [0.2, 0.25) is 15.9 Å². The molecule has 1 aliphatic rings. The van der Waals surface area contributed by atoms with E-state index in [0.717, 1.165) is 19.3 Å². The molecular weight excluding hydrogens is 452 g/mol. The third-order valence-electron chi connectivity index (χ3n) is 4.48. The lowest BCUT2D eigenvalue weighted by atomic mass is 9.97. The smallest absolute Gasteiger partial charge is 0.244 e. The van der Waals surface area contributed by atoms with Crippen LogP contribution in [0.5, 0.6) is 11.6 Å². The predicted molar refractivity (Wildman–Crippen MR) is 110 cm³/mol. The molecule has 5 nitrogen and oxygen atoms in total. The molecule has 144 valence electrons. The van der Waals surface area contributed by atoms with Gasteiger partial charge in [-0.2, -0.15) is 4.31 Å². The van der Waals surface area contributed by atoms with Crippen LogP contribution in [0, 0.1) is 0 Å². The molecule has 3 rings (SSSR count). The first-order chi connectivity index (χ1) is 12.8. The van der Waals surface area contributed by atoms with Crippen molar-refractivity contribution in [2.45, 2.75) is 37.1 Å². The van der Waals surface area contributed by atoms with E-state index in [4.69, 9.17) is 16.3 Å². The Labute approximate surface area is 173 Å². The lowest BCUT2D eigenvalue weighted by molar-refractivity contribution is 0.381. The number of rotatable bonds is 5. The Bertz CT molecular complexity index is 979. The first-order valence-corrected chi connectivity index (χ1v) is 11.1. The summed E-state index contributed by atoms with van der Waals surface area (Å²) in [7, 11) is -2.05. The molecule has 0 amide bonds. The molecule has 2 aromatic rings. The monoisotopic (exact) mass is 470 g/mol. The SMILES string of the molecule is CC1=CC(N(C)S(=O)(=O)c2cnc(Oc3cccc(Cl)c3)c(Br)c2)CCC1. The van der Waals surface area contributed by atoms with Gasteiger partial charge in [0, 0.05) is 18.1 Å². The number of ether oxygens (including phenoxy) is 1. The number of hydrogen-bond acceptors (Lipinski definition) is 4. The predicted octanol–water partition coefficient (Wildman–Crippen LogP) is 5.41. The molecule has 8 heteroatoms. The van der Waals surface area contributed by atoms with E-state index in [0.29, 0.717) is 15.2 Å². The summed E-state index contributed by atoms with van der Waals surface area (Å²) in [6.07, 6.45) is 6.17. The average molecular weight is 472 g/mol. The molecular formula is C19H20BrClN2O3S. The van der Waals surface area contributed by atoms with Gasteiger partial charge in [-0.3, -0.25) is 0 Å². The fraction of sp³-hybridized carbons (Fsp3) is 0.316. The fourth-order valence-electron chi connectivity index (χ4n) is 2.98. The molecule has 0 aliphatic heterocycles. The molecule has 1 aromatic carbocycles. The number of benzene rings is 1. The van der Waals surface area contributed by atoms with Crippen LogP contribution in [0.15, 0.2) is 57.5 Å². The van der Waals surface area contributed by atoms with Gasteiger partial charge < -0.3 is 4.74 Å². The molecule has 0 bridgehead atoms. The molecule has 1 aromatic heterocycles. The standard InChI is InChI=1S/C19H20BrClN2O3S/c1-13-5-3-7-15(9-13)23(2)27(24,25)17-11-18(20)19(22-12-17)26-16-8-4-6-14(21)10-16/h4,6,8-12,15H,3,5,7H2,1-2H3. The Morgan fingerprint density at radius 3 is 2.78 bits per heavy atom. The normalized spacial score (nSPS) is 17.7. The summed E-state index contributed by atoms with van der Waals surface area (Å²) in [5, 5.41) is 0.542. The van der Waals surface area contributed by atoms with E-state index >= 15 is 0 Å². The molecule has 0 spiro atoms. The molecule has 1 heterocycles. The van der Waals surface area contributed by atoms with Crippen molar-refractivity contribution in [1.29, 1.82) is 0 Å². The van der Waals surface area contributed by atoms with Crippen LogP contribution in [0.3, 0.4) is 0 Å². The highest BCUT2D eigenvalue weighted by Gasteiger charge is 2.29. The summed E-state index contributed by atoms with van der Waals surface area (Å²) in [6.45, 7) is 2.03. The van der Waals surface area contributed by atoms with Gasteiger partial charge in [-0.1, -0.05) is 29.3 Å². The minimum atomic E-state index is -3.66. The number of likely N-dealkylation sites (N-methyl/N-ethyl adjacent to an activating group) is 1. The first-order valence-electron chi connectivity index (χ1n) is 8.51. The van der Waals surface area contributed by atoms with Crippen LogP contribution in [0.1, 0.15) is 26.2 Å². The minimum absolute atomic E-state index is 0.118. The zero-order valence-electron chi connectivity index (χ0n) is 15.0. The lowest BCUT2D eigenvalue weighted by Gasteiger charge is -2.28. The number of aromatic nitrogens is 1. The lowest BCUT2D eigenvalue weighted by Crippen LogP contribution is -2.37. The van der Waals surface area contributed by atoms with E-state index in [2.05, 4.69) is 20.9 Å². The third kappa shape index (κ3) is 4.71. The molecule has 0 saturated carbocycles. The van der Waals surface area contributed by atoms with Gasteiger partial charge in [0.15, 0.2) is 0 Å². The third-order valence-corrected chi connectivity index (χ3v) is 7.14. The van der Waals surface area contributed by atoms with Crippen molar-refractivity contribution in [3.8, 4) is 11.6 Å². The number of hydrogen-bond donors (Lipinski definition) is 0. The van der Waals surface area contributed by atoms with Gasteiger partial charge in [0.25, 0.3) is 0 Å². The van der Waals surface area contributed by atoms with Crippen molar-refractivity contribution in [3.05, 3.63) is 57.7 Å². The second kappa shape index (κ2) is 8.31. The Morgan fingerprint density at radius 1 is 1.33 bits per heavy atom. The summed E-state index contributed by atoms with van der Waals surface area (Å²) < 4.78 is 33.5. The van der Waals surface area contributed by atoms with Crippen LogP contribution in [0.2, 0.25) is 5.02 Å². The van der Waals surface area contributed by atoms with Crippen molar-refractivity contribution in [2.75, 3.05) is 7.05 Å². The summed E-state index contributed by atoms with van der Waals surface area (Å²) in [5.41, 5.74) is 1.22. The zero-order chi connectivity index (χ0) is 19.6. The van der Waals surface area contributed by atoms with E-state index in [9.17, 15) is 8.42 Å². The summed E-state index contributed by atoms with van der Waals surface area (Å²) >= 11 is 9.31. The molecule has 27 heavy (non-hydrogen) atoms. The van der Waals surface area contributed by atoms with Crippen LogP contribution < -0.4 is 4.74 Å². The highest BCUT2D eigenvalue weighted by molar-refractivity contribution is 9.10. The number of halogens is 2. The largest absolute Gasteiger partial charge is 0.438 e. The van der Waals surface area contributed by atoms with Crippen LogP contribution in [-0.4, -0.2) is 30.8 Å². The van der Waals surface area contributed by atoms with E-state index in [1.807, 2.05) is 13.0 Å². The van der Waals surface area contributed by atoms with Crippen molar-refractivity contribution in [1.82, 2.24) is 9.29 Å². The zero-order valence-corrected chi connectivity index (χ0v) is 18.2. The summed E-state index contributed by atoms with van der Waals surface area (Å²) in [4.78, 5) is 4.30. The maximum Gasteiger partial charge on any atom is 0.244 e. The van der Waals surface area contributed by atoms with Gasteiger partial charge >= 0.3 is 0 Å². The summed E-state index contributed by atoms with van der Waals surface area (Å²) in [5.74, 6) is 0.790. The number of nitrogens with zero attached hydrogens (tertiary/aromatic N) is 2. The van der Waals surface area contributed by atoms with Crippen LogP contribution >= 0.6 is 27.5 Å². The fourth-order valence-corrected chi connectivity index (χ4v) is 5.05. The number of pyridine rings is 1. The Hall–Kier alpha value is -1.41.